The van der Waals surface area contributed by atoms with Crippen molar-refractivity contribution in [2.75, 3.05) is 51.8 Å². The Morgan fingerprint density at radius 1 is 1.05 bits per heavy atom. The van der Waals surface area contributed by atoms with Crippen LogP contribution in [-0.2, 0) is 19.6 Å². The van der Waals surface area contributed by atoms with Gasteiger partial charge in [-0.3, -0.25) is 4.79 Å². The summed E-state index contributed by atoms with van der Waals surface area (Å²) < 4.78 is 33.7. The van der Waals surface area contributed by atoms with Gasteiger partial charge >= 0.3 is 0 Å². The average molecular weight is 525 g/mol. The molecule has 9 heteroatoms. The van der Waals surface area contributed by atoms with Gasteiger partial charge in [-0.25, -0.2) is 8.42 Å². The molecule has 0 bridgehead atoms. The summed E-state index contributed by atoms with van der Waals surface area (Å²) >= 11 is 0. The van der Waals surface area contributed by atoms with Crippen molar-refractivity contribution >= 4 is 32.5 Å². The van der Waals surface area contributed by atoms with Gasteiger partial charge < -0.3 is 19.5 Å². The fraction of sp³-hybridized carbons (Fsp3) is 0.464. The van der Waals surface area contributed by atoms with Crippen LogP contribution < -0.4 is 4.90 Å². The number of amides is 1. The summed E-state index contributed by atoms with van der Waals surface area (Å²) in [4.78, 5) is 20.6. The van der Waals surface area contributed by atoms with E-state index in [2.05, 4.69) is 41.1 Å². The second-order valence-corrected chi connectivity index (χ2v) is 12.3. The molecule has 3 aromatic rings. The molecule has 0 atom stereocenters. The van der Waals surface area contributed by atoms with E-state index in [9.17, 15) is 13.2 Å². The molecule has 198 valence electrons. The monoisotopic (exact) mass is 524 g/mol. The summed E-state index contributed by atoms with van der Waals surface area (Å²) in [7, 11) is -0.703. The summed E-state index contributed by atoms with van der Waals surface area (Å²) in [5.41, 5.74) is 4.96. The predicted molar refractivity (Wildman–Crippen MR) is 146 cm³/mol. The van der Waals surface area contributed by atoms with Gasteiger partial charge in [0.1, 0.15) is 0 Å². The summed E-state index contributed by atoms with van der Waals surface area (Å²) in [6.07, 6.45) is 3.94. The number of ether oxygens (including phenoxy) is 1. The highest BCUT2D eigenvalue weighted by atomic mass is 32.2. The summed E-state index contributed by atoms with van der Waals surface area (Å²) in [5.74, 6) is -0.180. The predicted octanol–water partition coefficient (Wildman–Crippen LogP) is 4.00. The fourth-order valence-electron chi connectivity index (χ4n) is 5.41. The third-order valence-electron chi connectivity index (χ3n) is 7.68. The van der Waals surface area contributed by atoms with Crippen LogP contribution in [0.4, 0.5) is 5.69 Å². The van der Waals surface area contributed by atoms with E-state index in [1.54, 1.807) is 24.1 Å². The van der Waals surface area contributed by atoms with Crippen molar-refractivity contribution in [3.05, 3.63) is 48.0 Å². The minimum Gasteiger partial charge on any atom is -0.381 e. The van der Waals surface area contributed by atoms with Crippen molar-refractivity contribution < 1.29 is 17.9 Å². The number of sulfonamides is 1. The number of carbonyl (C=O) groups is 1. The van der Waals surface area contributed by atoms with Crippen LogP contribution in [0.2, 0.25) is 0 Å². The van der Waals surface area contributed by atoms with Crippen molar-refractivity contribution in [3.63, 3.8) is 0 Å². The summed E-state index contributed by atoms with van der Waals surface area (Å²) in [5, 5.41) is 1.08. The van der Waals surface area contributed by atoms with Gasteiger partial charge in [0.25, 0.3) is 0 Å². The number of aromatic nitrogens is 1. The standard InChI is InChI=1S/C28H36N4O4S/c1-20-6-7-21-17-26(29-25(21)16-20)24-18-23(8-9-27(24)31-12-4-5-13-31)37(34,35)30(2)19-28(33)32-14-10-22(36-3)11-15-32/h6-9,16-18,22,29H,4-5,10-15,19H2,1-3H3. The average Bonchev–Trinajstić information content (AvgIpc) is 3.58. The molecule has 2 fully saturated rings. The Hall–Kier alpha value is -2.88. The zero-order valence-corrected chi connectivity index (χ0v) is 22.7. The molecule has 1 amide bonds. The van der Waals surface area contributed by atoms with E-state index in [1.165, 1.54) is 11.4 Å². The smallest absolute Gasteiger partial charge is 0.243 e. The molecule has 37 heavy (non-hydrogen) atoms. The number of likely N-dealkylation sites (N-methyl/N-ethyl adjacent to an activating group) is 1. The third-order valence-corrected chi connectivity index (χ3v) is 9.48. The minimum absolute atomic E-state index is 0.159. The molecule has 1 N–H and O–H groups in total. The van der Waals surface area contributed by atoms with E-state index in [-0.39, 0.29) is 23.5 Å². The van der Waals surface area contributed by atoms with Crippen molar-refractivity contribution in [1.29, 1.82) is 0 Å². The molecule has 2 aromatic carbocycles. The van der Waals surface area contributed by atoms with Gasteiger partial charge in [0.05, 0.1) is 17.5 Å². The zero-order chi connectivity index (χ0) is 26.2. The minimum atomic E-state index is -3.87. The lowest BCUT2D eigenvalue weighted by Crippen LogP contribution is -2.45. The number of aryl methyl sites for hydroxylation is 1. The number of rotatable bonds is 7. The number of fused-ring (bicyclic) bond motifs is 1. The Labute approximate surface area is 219 Å². The highest BCUT2D eigenvalue weighted by Crippen LogP contribution is 2.36. The van der Waals surface area contributed by atoms with Crippen LogP contribution >= 0.6 is 0 Å². The van der Waals surface area contributed by atoms with Crippen LogP contribution in [0.1, 0.15) is 31.2 Å². The molecule has 0 unspecified atom stereocenters. The molecule has 1 aromatic heterocycles. The van der Waals surface area contributed by atoms with E-state index in [1.807, 2.05) is 6.07 Å². The maximum atomic E-state index is 13.6. The molecule has 0 spiro atoms. The molecular weight excluding hydrogens is 488 g/mol. The Morgan fingerprint density at radius 3 is 2.49 bits per heavy atom. The number of carbonyl (C=O) groups excluding carboxylic acids is 1. The van der Waals surface area contributed by atoms with Gasteiger partial charge in [-0.1, -0.05) is 12.1 Å². The van der Waals surface area contributed by atoms with Crippen molar-refractivity contribution in [3.8, 4) is 11.3 Å². The van der Waals surface area contributed by atoms with Gasteiger partial charge in [0.15, 0.2) is 0 Å². The van der Waals surface area contributed by atoms with E-state index in [4.69, 9.17) is 4.74 Å². The lowest BCUT2D eigenvalue weighted by molar-refractivity contribution is -0.133. The first-order valence-corrected chi connectivity index (χ1v) is 14.5. The molecule has 0 radical (unpaired) electrons. The SMILES string of the molecule is COC1CCN(C(=O)CN(C)S(=O)(=O)c2ccc(N3CCCC3)c(-c3cc4ccc(C)cc4[nH]3)c2)CC1. The highest BCUT2D eigenvalue weighted by Gasteiger charge is 2.29. The van der Waals surface area contributed by atoms with Gasteiger partial charge in [-0.15, -0.1) is 0 Å². The molecular formula is C28H36N4O4S. The Balaban J connectivity index is 1.44. The third kappa shape index (κ3) is 5.26. The topological polar surface area (TPSA) is 85.9 Å². The van der Waals surface area contributed by atoms with Crippen LogP contribution in [0.5, 0.6) is 0 Å². The van der Waals surface area contributed by atoms with Crippen molar-refractivity contribution in [2.24, 2.45) is 0 Å². The Morgan fingerprint density at radius 2 is 1.78 bits per heavy atom. The van der Waals surface area contributed by atoms with Crippen LogP contribution in [-0.4, -0.2) is 81.5 Å². The van der Waals surface area contributed by atoms with Gasteiger partial charge in [0.2, 0.25) is 15.9 Å². The van der Waals surface area contributed by atoms with E-state index in [0.29, 0.717) is 13.1 Å². The number of hydrogen-bond acceptors (Lipinski definition) is 5. The fourth-order valence-corrected chi connectivity index (χ4v) is 6.55. The number of piperidine rings is 1. The maximum absolute atomic E-state index is 13.6. The number of benzene rings is 2. The van der Waals surface area contributed by atoms with Crippen LogP contribution in [0.3, 0.4) is 0 Å². The molecule has 5 rings (SSSR count). The molecule has 2 aliphatic heterocycles. The highest BCUT2D eigenvalue weighted by molar-refractivity contribution is 7.89. The van der Waals surface area contributed by atoms with E-state index >= 15 is 0 Å². The number of hydrogen-bond donors (Lipinski definition) is 1. The molecule has 2 saturated heterocycles. The Bertz CT molecular complexity index is 1390. The number of nitrogens with zero attached hydrogens (tertiary/aromatic N) is 3. The van der Waals surface area contributed by atoms with Gasteiger partial charge in [-0.05, 0) is 68.5 Å². The number of methoxy groups -OCH3 is 1. The van der Waals surface area contributed by atoms with Crippen molar-refractivity contribution in [2.45, 2.75) is 43.6 Å². The lowest BCUT2D eigenvalue weighted by Gasteiger charge is -2.32. The van der Waals surface area contributed by atoms with Crippen LogP contribution in [0.15, 0.2) is 47.4 Å². The molecule has 3 heterocycles. The van der Waals surface area contributed by atoms with Gasteiger partial charge in [0, 0.05) is 68.2 Å². The van der Waals surface area contributed by atoms with E-state index in [0.717, 1.165) is 72.2 Å². The first kappa shape index (κ1) is 25.8. The van der Waals surface area contributed by atoms with E-state index < -0.39 is 10.0 Å². The van der Waals surface area contributed by atoms with Gasteiger partial charge in [-0.2, -0.15) is 4.31 Å². The normalized spacial score (nSPS) is 17.3. The number of nitrogens with one attached hydrogen (secondary N) is 1. The number of H-pyrrole nitrogens is 1. The van der Waals surface area contributed by atoms with Crippen LogP contribution in [0, 0.1) is 6.92 Å². The second kappa shape index (κ2) is 10.5. The molecule has 2 aliphatic rings. The molecule has 0 aliphatic carbocycles. The first-order chi connectivity index (χ1) is 17.8. The largest absolute Gasteiger partial charge is 0.381 e. The second-order valence-electron chi connectivity index (χ2n) is 10.2. The summed E-state index contributed by atoms with van der Waals surface area (Å²) in [6, 6.07) is 13.7. The maximum Gasteiger partial charge on any atom is 0.243 e. The number of aromatic amines is 1. The summed E-state index contributed by atoms with van der Waals surface area (Å²) in [6.45, 7) is 4.94. The van der Waals surface area contributed by atoms with Crippen LogP contribution in [0.25, 0.3) is 22.2 Å². The molecule has 8 nitrogen and oxygen atoms in total. The number of likely N-dealkylation sites (tertiary alicyclic amines) is 1. The van der Waals surface area contributed by atoms with Crippen molar-refractivity contribution in [1.82, 2.24) is 14.2 Å². The molecule has 0 saturated carbocycles. The lowest BCUT2D eigenvalue weighted by atomic mass is 10.1. The first-order valence-electron chi connectivity index (χ1n) is 13.0. The number of anilines is 1. The quantitative estimate of drug-likeness (QED) is 0.505. The Kier molecular flexibility index (Phi) is 7.29. The zero-order valence-electron chi connectivity index (χ0n) is 21.9.